The number of hydrogen-bond donors (Lipinski definition) is 3. The first kappa shape index (κ1) is 21.0. The Labute approximate surface area is 188 Å². The molecule has 0 aromatic heterocycles. The van der Waals surface area contributed by atoms with Crippen LogP contribution in [0, 0.1) is 5.92 Å². The van der Waals surface area contributed by atoms with Crippen LogP contribution in [0.15, 0.2) is 52.9 Å². The summed E-state index contributed by atoms with van der Waals surface area (Å²) in [7, 11) is 1.44. The molecule has 172 valence electrons. The van der Waals surface area contributed by atoms with Crippen molar-refractivity contribution in [2.45, 2.75) is 24.7 Å². The van der Waals surface area contributed by atoms with E-state index in [1.54, 1.807) is 34.1 Å². The smallest absolute Gasteiger partial charge is 0.404 e. The molecule has 0 spiro atoms. The molecule has 2 saturated heterocycles. The zero-order valence-electron chi connectivity index (χ0n) is 18.0. The maximum atomic E-state index is 13.2. The molecule has 4 aliphatic rings. The van der Waals surface area contributed by atoms with Gasteiger partial charge in [-0.25, -0.2) is 9.59 Å². The van der Waals surface area contributed by atoms with Crippen LogP contribution in [-0.2, 0) is 19.1 Å². The molecule has 2 fully saturated rings. The van der Waals surface area contributed by atoms with Crippen molar-refractivity contribution in [3.8, 4) is 0 Å². The lowest BCUT2D eigenvalue weighted by Crippen LogP contribution is -2.56. The van der Waals surface area contributed by atoms with Crippen molar-refractivity contribution in [3.05, 3.63) is 52.9 Å². The first-order valence-electron chi connectivity index (χ1n) is 10.4. The van der Waals surface area contributed by atoms with Gasteiger partial charge in [-0.3, -0.25) is 9.59 Å². The molecule has 3 aliphatic heterocycles. The van der Waals surface area contributed by atoms with Gasteiger partial charge in [0.15, 0.2) is 5.72 Å². The molecule has 5 N–H and O–H groups in total. The summed E-state index contributed by atoms with van der Waals surface area (Å²) in [6, 6.07) is 7.91. The van der Waals surface area contributed by atoms with Gasteiger partial charge in [0.2, 0.25) is 11.6 Å². The Morgan fingerprint density at radius 2 is 1.91 bits per heavy atom. The SMILES string of the molecule is CO[C@@]12[C@H](COC(N)=O)C3=C(C(=O)C(C)=C(N)C3=O)N1C[C@H]1[C@H]2N1C(=O)Nc1ccccc1. The number of primary amides is 1. The summed E-state index contributed by atoms with van der Waals surface area (Å²) in [6.07, 6.45) is -1.03. The highest BCUT2D eigenvalue weighted by Gasteiger charge is 2.77. The lowest BCUT2D eigenvalue weighted by Gasteiger charge is -2.40. The number of nitrogens with two attached hydrogens (primary N) is 2. The first-order valence-corrected chi connectivity index (χ1v) is 10.4. The number of carbonyl (C=O) groups excluding carboxylic acids is 4. The number of rotatable bonds is 4. The number of ketones is 2. The van der Waals surface area contributed by atoms with Crippen LogP contribution < -0.4 is 16.8 Å². The van der Waals surface area contributed by atoms with Gasteiger partial charge in [-0.2, -0.15) is 0 Å². The number of carbonyl (C=O) groups is 4. The van der Waals surface area contributed by atoms with Crippen LogP contribution in [0.4, 0.5) is 15.3 Å². The van der Waals surface area contributed by atoms with E-state index >= 15 is 0 Å². The number of ether oxygens (including phenoxy) is 2. The Bertz CT molecular complexity index is 1160. The van der Waals surface area contributed by atoms with Crippen LogP contribution in [0.3, 0.4) is 0 Å². The molecule has 3 amide bonds. The third kappa shape index (κ3) is 2.72. The van der Waals surface area contributed by atoms with Crippen LogP contribution in [0.1, 0.15) is 6.92 Å². The minimum absolute atomic E-state index is 0.125. The second-order valence-corrected chi connectivity index (χ2v) is 8.42. The van der Waals surface area contributed by atoms with Gasteiger partial charge in [-0.05, 0) is 19.1 Å². The van der Waals surface area contributed by atoms with Crippen LogP contribution >= 0.6 is 0 Å². The zero-order chi connectivity index (χ0) is 23.7. The summed E-state index contributed by atoms with van der Waals surface area (Å²) in [5.41, 5.74) is 10.8. The average molecular weight is 453 g/mol. The fraction of sp³-hybridized carbons (Fsp3) is 0.364. The molecule has 5 rings (SSSR count). The van der Waals surface area contributed by atoms with E-state index < -0.39 is 29.6 Å². The Balaban J connectivity index is 1.51. The number of fused-ring (bicyclic) bond motifs is 4. The third-order valence-electron chi connectivity index (χ3n) is 6.95. The number of amides is 3. The van der Waals surface area contributed by atoms with Crippen molar-refractivity contribution < 1.29 is 28.7 Å². The minimum Gasteiger partial charge on any atom is -0.449 e. The second kappa shape index (κ2) is 7.07. The Morgan fingerprint density at radius 3 is 2.55 bits per heavy atom. The molecule has 33 heavy (non-hydrogen) atoms. The molecule has 0 bridgehead atoms. The molecule has 1 aromatic rings. The fourth-order valence-corrected chi connectivity index (χ4v) is 5.46. The van der Waals surface area contributed by atoms with Gasteiger partial charge in [0, 0.05) is 30.5 Å². The van der Waals surface area contributed by atoms with Gasteiger partial charge in [0.1, 0.15) is 12.6 Å². The number of allylic oxidation sites excluding steroid dienone is 2. The van der Waals surface area contributed by atoms with E-state index in [-0.39, 0.29) is 53.5 Å². The summed E-state index contributed by atoms with van der Waals surface area (Å²) >= 11 is 0. The molecular formula is C22H23N5O6. The number of para-hydroxylation sites is 1. The lowest BCUT2D eigenvalue weighted by molar-refractivity contribution is -0.143. The molecular weight excluding hydrogens is 430 g/mol. The van der Waals surface area contributed by atoms with E-state index in [4.69, 9.17) is 20.9 Å². The molecule has 0 radical (unpaired) electrons. The van der Waals surface area contributed by atoms with E-state index in [0.717, 1.165) is 0 Å². The summed E-state index contributed by atoms with van der Waals surface area (Å²) in [5, 5.41) is 2.84. The van der Waals surface area contributed by atoms with Crippen molar-refractivity contribution in [1.29, 1.82) is 0 Å². The maximum Gasteiger partial charge on any atom is 0.404 e. The van der Waals surface area contributed by atoms with Crippen LogP contribution in [0.25, 0.3) is 0 Å². The lowest BCUT2D eigenvalue weighted by atomic mass is 9.82. The summed E-state index contributed by atoms with van der Waals surface area (Å²) in [5.74, 6) is -1.76. The number of methoxy groups -OCH3 is 1. The number of anilines is 1. The van der Waals surface area contributed by atoms with Crippen molar-refractivity contribution >= 4 is 29.4 Å². The van der Waals surface area contributed by atoms with Crippen LogP contribution in [0.5, 0.6) is 0 Å². The molecule has 11 heteroatoms. The maximum absolute atomic E-state index is 13.2. The average Bonchev–Trinajstić information content (AvgIpc) is 3.31. The first-order chi connectivity index (χ1) is 15.7. The van der Waals surface area contributed by atoms with Gasteiger partial charge in [0.05, 0.1) is 23.4 Å². The monoisotopic (exact) mass is 453 g/mol. The van der Waals surface area contributed by atoms with Crippen LogP contribution in [0.2, 0.25) is 0 Å². The minimum atomic E-state index is -1.28. The number of urea groups is 1. The van der Waals surface area contributed by atoms with Gasteiger partial charge < -0.3 is 36.1 Å². The highest BCUT2D eigenvalue weighted by Crippen LogP contribution is 2.59. The van der Waals surface area contributed by atoms with E-state index in [9.17, 15) is 19.2 Å². The molecule has 11 nitrogen and oxygen atoms in total. The molecule has 1 aliphatic carbocycles. The quantitative estimate of drug-likeness (QED) is 0.434. The predicted octanol–water partition coefficient (Wildman–Crippen LogP) is 0.293. The Kier molecular flexibility index (Phi) is 4.50. The summed E-state index contributed by atoms with van der Waals surface area (Å²) in [4.78, 5) is 54.0. The standard InChI is InChI=1S/C22H23N5O6/c1-10-15(23)18(29)14-12(9-33-20(24)30)22(32-2)19-13(8-26(22)16(14)17(10)28)27(19)21(31)25-11-6-4-3-5-7-11/h3-7,12-13,19H,8-9,23H2,1-2H3,(H2,24,30)(H,25,31)/t12-,13+,19-,22-,27?/m1/s1. The molecule has 3 heterocycles. The number of hydrogen-bond acceptors (Lipinski definition) is 8. The van der Waals surface area contributed by atoms with E-state index in [1.165, 1.54) is 14.0 Å². The molecule has 4 atom stereocenters. The summed E-state index contributed by atoms with van der Waals surface area (Å²) < 4.78 is 11.1. The topological polar surface area (TPSA) is 157 Å². The number of piperazine rings is 1. The second-order valence-electron chi connectivity index (χ2n) is 8.42. The highest BCUT2D eigenvalue weighted by molar-refractivity contribution is 6.25. The van der Waals surface area contributed by atoms with Gasteiger partial charge in [-0.1, -0.05) is 18.2 Å². The van der Waals surface area contributed by atoms with Gasteiger partial charge >= 0.3 is 12.1 Å². The number of nitrogens with zero attached hydrogens (tertiary/aromatic N) is 2. The number of benzene rings is 1. The predicted molar refractivity (Wildman–Crippen MR) is 114 cm³/mol. The molecule has 1 aromatic carbocycles. The largest absolute Gasteiger partial charge is 0.449 e. The molecule has 0 saturated carbocycles. The highest BCUT2D eigenvalue weighted by atomic mass is 16.6. The van der Waals surface area contributed by atoms with Crippen LogP contribution in [-0.4, -0.2) is 71.6 Å². The molecule has 0 unspecified atom stereocenters. The number of nitrogens with one attached hydrogen (secondary N) is 1. The van der Waals surface area contributed by atoms with Gasteiger partial charge in [0.25, 0.3) is 0 Å². The van der Waals surface area contributed by atoms with Gasteiger partial charge in [-0.15, -0.1) is 0 Å². The summed E-state index contributed by atoms with van der Waals surface area (Å²) in [6.45, 7) is 1.47. The van der Waals surface area contributed by atoms with E-state index in [1.807, 2.05) is 6.07 Å². The van der Waals surface area contributed by atoms with Crippen molar-refractivity contribution in [1.82, 2.24) is 9.80 Å². The fourth-order valence-electron chi connectivity index (χ4n) is 5.46. The van der Waals surface area contributed by atoms with E-state index in [2.05, 4.69) is 5.32 Å². The third-order valence-corrected chi connectivity index (χ3v) is 6.95. The van der Waals surface area contributed by atoms with Crippen molar-refractivity contribution in [3.63, 3.8) is 0 Å². The Hall–Kier alpha value is -3.86. The van der Waals surface area contributed by atoms with Crippen molar-refractivity contribution in [2.75, 3.05) is 25.6 Å². The van der Waals surface area contributed by atoms with Crippen molar-refractivity contribution in [2.24, 2.45) is 17.4 Å². The van der Waals surface area contributed by atoms with E-state index in [0.29, 0.717) is 5.69 Å². The normalized spacial score (nSPS) is 29.7. The Morgan fingerprint density at radius 1 is 1.21 bits per heavy atom. The zero-order valence-corrected chi connectivity index (χ0v) is 18.0. The number of Topliss-reactive ketones (excluding diaryl/α,β-unsaturated/α-hetero) is 2.